The third kappa shape index (κ3) is 6.47. The molecule has 3 aromatic heterocycles. The van der Waals surface area contributed by atoms with Gasteiger partial charge < -0.3 is 9.13 Å². The second-order valence-corrected chi connectivity index (χ2v) is 16.3. The highest BCUT2D eigenvalue weighted by atomic mass is 15.1. The van der Waals surface area contributed by atoms with Gasteiger partial charge in [0.25, 0.3) is 0 Å². The highest BCUT2D eigenvalue weighted by Gasteiger charge is 2.22. The van der Waals surface area contributed by atoms with E-state index in [9.17, 15) is 5.26 Å². The van der Waals surface area contributed by atoms with Crippen molar-refractivity contribution in [2.75, 3.05) is 0 Å². The lowest BCUT2D eigenvalue weighted by molar-refractivity contribution is 1.06. The van der Waals surface area contributed by atoms with Crippen LogP contribution in [0.5, 0.6) is 0 Å². The van der Waals surface area contributed by atoms with Crippen molar-refractivity contribution in [3.8, 4) is 73.9 Å². The molecule has 0 spiro atoms. The summed E-state index contributed by atoms with van der Waals surface area (Å²) in [5, 5.41) is 14.3. The summed E-state index contributed by atoms with van der Waals surface area (Å²) in [7, 11) is 0. The van der Waals surface area contributed by atoms with E-state index < -0.39 is 0 Å². The Bertz CT molecular complexity index is 3860. The van der Waals surface area contributed by atoms with Crippen molar-refractivity contribution in [3.05, 3.63) is 229 Å². The summed E-state index contributed by atoms with van der Waals surface area (Å²) in [6.45, 7) is 7.70. The summed E-state index contributed by atoms with van der Waals surface area (Å²) in [6.07, 6.45) is 0. The van der Waals surface area contributed by atoms with Crippen LogP contribution in [0.15, 0.2) is 212 Å². The lowest BCUT2D eigenvalue weighted by Crippen LogP contribution is -2.04. The van der Waals surface area contributed by atoms with Crippen LogP contribution < -0.4 is 0 Å². The molecule has 0 amide bonds. The van der Waals surface area contributed by atoms with E-state index in [1.807, 2.05) is 72.8 Å². The first-order chi connectivity index (χ1) is 32.6. The molecule has 0 aliphatic rings. The number of benzene rings is 9. The Balaban J connectivity index is 1.13. The molecule has 12 aromatic rings. The van der Waals surface area contributed by atoms with E-state index in [2.05, 4.69) is 154 Å². The molecule has 0 N–H and O–H groups in total. The zero-order valence-corrected chi connectivity index (χ0v) is 35.3. The maximum absolute atomic E-state index is 9.81. The molecule has 306 valence electrons. The van der Waals surface area contributed by atoms with Crippen LogP contribution in [-0.4, -0.2) is 24.1 Å². The van der Waals surface area contributed by atoms with Crippen molar-refractivity contribution in [1.82, 2.24) is 24.1 Å². The van der Waals surface area contributed by atoms with Crippen LogP contribution in [0.25, 0.3) is 116 Å². The van der Waals surface area contributed by atoms with E-state index in [0.717, 1.165) is 83.2 Å². The van der Waals surface area contributed by atoms with E-state index in [1.54, 1.807) is 6.07 Å². The van der Waals surface area contributed by atoms with Crippen LogP contribution in [0, 0.1) is 17.9 Å². The van der Waals surface area contributed by atoms with Gasteiger partial charge in [-0.15, -0.1) is 0 Å². The van der Waals surface area contributed by atoms with E-state index in [0.29, 0.717) is 28.7 Å². The maximum atomic E-state index is 9.81. The second kappa shape index (κ2) is 15.7. The van der Waals surface area contributed by atoms with E-state index in [-0.39, 0.29) is 0 Å². The Morgan fingerprint density at radius 3 is 1.61 bits per heavy atom. The standard InChI is InChI=1S/C59H35N7/c1-61-45-32-38(37-60)31-44(33-45)42-27-29-54-50(34-42)48-22-12-14-24-53(48)66(54)55-30-26-41(43-25-28-49-47-21-11-13-23-52(47)65(56(49)36-43)46-19-9-4-10-20-46)35-51(55)59-63-57(39-15-5-2-6-16-39)62-58(64-59)40-17-7-3-8-18-40/h2-36H. The monoisotopic (exact) mass is 841 g/mol. The number of nitrogens with zero attached hydrogens (tertiary/aromatic N) is 7. The zero-order valence-electron chi connectivity index (χ0n) is 35.3. The molecule has 12 rings (SSSR count). The SMILES string of the molecule is [C-]#[N+]c1cc(C#N)cc(-c2ccc3c(c2)c2ccccc2n3-c2ccc(-c3ccc4c5ccccc5n(-c5ccccc5)c4c3)cc2-c2nc(-c3ccccc3)nc(-c3ccccc3)n2)c1. The number of para-hydroxylation sites is 3. The molecule has 0 radical (unpaired) electrons. The van der Waals surface area contributed by atoms with Crippen molar-refractivity contribution in [2.45, 2.75) is 0 Å². The molecule has 0 aliphatic carbocycles. The largest absolute Gasteiger partial charge is 0.309 e. The Hall–Kier alpha value is -9.43. The molecule has 9 aromatic carbocycles. The fraction of sp³-hybridized carbons (Fsp3) is 0. The summed E-state index contributed by atoms with van der Waals surface area (Å²) in [6, 6.07) is 74.9. The third-order valence-corrected chi connectivity index (χ3v) is 12.4. The first kappa shape index (κ1) is 38.3. The maximum Gasteiger partial charge on any atom is 0.189 e. The van der Waals surface area contributed by atoms with Gasteiger partial charge >= 0.3 is 0 Å². The molecule has 66 heavy (non-hydrogen) atoms. The van der Waals surface area contributed by atoms with Crippen LogP contribution >= 0.6 is 0 Å². The number of aromatic nitrogens is 5. The van der Waals surface area contributed by atoms with Crippen molar-refractivity contribution in [3.63, 3.8) is 0 Å². The minimum atomic E-state index is 0.430. The quantitative estimate of drug-likeness (QED) is 0.150. The van der Waals surface area contributed by atoms with Gasteiger partial charge in [-0.25, -0.2) is 19.8 Å². The Morgan fingerprint density at radius 2 is 0.924 bits per heavy atom. The van der Waals surface area contributed by atoms with Gasteiger partial charge in [0.2, 0.25) is 0 Å². The zero-order chi connectivity index (χ0) is 44.1. The van der Waals surface area contributed by atoms with Crippen molar-refractivity contribution < 1.29 is 0 Å². The number of hydrogen-bond acceptors (Lipinski definition) is 4. The van der Waals surface area contributed by atoms with Gasteiger partial charge in [0.05, 0.1) is 40.4 Å². The van der Waals surface area contributed by atoms with Crippen LogP contribution in [0.3, 0.4) is 0 Å². The van der Waals surface area contributed by atoms with E-state index >= 15 is 0 Å². The van der Waals surface area contributed by atoms with Crippen LogP contribution in [0.4, 0.5) is 5.69 Å². The predicted molar refractivity (Wildman–Crippen MR) is 267 cm³/mol. The summed E-state index contributed by atoms with van der Waals surface area (Å²) in [5.41, 5.74) is 13.6. The van der Waals surface area contributed by atoms with E-state index in [4.69, 9.17) is 21.5 Å². The van der Waals surface area contributed by atoms with Gasteiger partial charge in [-0.3, -0.25) is 0 Å². The molecule has 0 atom stereocenters. The van der Waals surface area contributed by atoms with Crippen LogP contribution in [0.2, 0.25) is 0 Å². The highest BCUT2D eigenvalue weighted by Crippen LogP contribution is 2.41. The topological polar surface area (TPSA) is 76.7 Å². The van der Waals surface area contributed by atoms with Gasteiger partial charge in [0.15, 0.2) is 23.2 Å². The normalized spacial score (nSPS) is 11.3. The van der Waals surface area contributed by atoms with Crippen LogP contribution in [-0.2, 0) is 0 Å². The number of fused-ring (bicyclic) bond motifs is 6. The van der Waals surface area contributed by atoms with Gasteiger partial charge in [0.1, 0.15) is 0 Å². The fourth-order valence-electron chi connectivity index (χ4n) is 9.34. The lowest BCUT2D eigenvalue weighted by Gasteiger charge is -2.17. The first-order valence-electron chi connectivity index (χ1n) is 21.7. The molecule has 0 saturated heterocycles. The minimum absolute atomic E-state index is 0.430. The minimum Gasteiger partial charge on any atom is -0.309 e. The van der Waals surface area contributed by atoms with Gasteiger partial charge in [-0.2, -0.15) is 5.26 Å². The van der Waals surface area contributed by atoms with E-state index in [1.165, 1.54) is 10.8 Å². The molecule has 7 heteroatoms. The molecule has 7 nitrogen and oxygen atoms in total. The number of hydrogen-bond donors (Lipinski definition) is 0. The third-order valence-electron chi connectivity index (χ3n) is 12.4. The molecule has 0 unspecified atom stereocenters. The molecule has 3 heterocycles. The molecule has 0 saturated carbocycles. The average molecular weight is 842 g/mol. The smallest absolute Gasteiger partial charge is 0.189 e. The van der Waals surface area contributed by atoms with Crippen LogP contribution in [0.1, 0.15) is 5.56 Å². The Morgan fingerprint density at radius 1 is 0.394 bits per heavy atom. The Labute approximate surface area is 380 Å². The average Bonchev–Trinajstić information content (AvgIpc) is 3.91. The first-order valence-corrected chi connectivity index (χ1v) is 21.7. The predicted octanol–water partition coefficient (Wildman–Crippen LogP) is 14.8. The molecule has 0 aliphatic heterocycles. The molecular formula is C59H35N7. The summed E-state index contributed by atoms with van der Waals surface area (Å²) in [5.74, 6) is 1.70. The van der Waals surface area contributed by atoms with Crippen molar-refractivity contribution in [1.29, 1.82) is 5.26 Å². The summed E-state index contributed by atoms with van der Waals surface area (Å²) in [4.78, 5) is 19.3. The number of nitriles is 1. The highest BCUT2D eigenvalue weighted by molar-refractivity contribution is 6.12. The lowest BCUT2D eigenvalue weighted by atomic mass is 9.99. The molecule has 0 fully saturated rings. The van der Waals surface area contributed by atoms with Crippen molar-refractivity contribution >= 4 is 49.3 Å². The molecular weight excluding hydrogens is 807 g/mol. The Kier molecular flexibility index (Phi) is 9.12. The van der Waals surface area contributed by atoms with Gasteiger partial charge in [-0.05, 0) is 95.1 Å². The van der Waals surface area contributed by atoms with Gasteiger partial charge in [0, 0.05) is 49.5 Å². The van der Waals surface area contributed by atoms with Crippen molar-refractivity contribution in [2.24, 2.45) is 0 Å². The van der Waals surface area contributed by atoms with Gasteiger partial charge in [-0.1, -0.05) is 140 Å². The fourth-order valence-corrected chi connectivity index (χ4v) is 9.34. The summed E-state index contributed by atoms with van der Waals surface area (Å²) < 4.78 is 4.65. The second-order valence-electron chi connectivity index (χ2n) is 16.3. The molecule has 0 bridgehead atoms. The summed E-state index contributed by atoms with van der Waals surface area (Å²) >= 11 is 0. The number of rotatable bonds is 7.